The van der Waals surface area contributed by atoms with Crippen molar-refractivity contribution in [2.24, 2.45) is 0 Å². The number of hydrogen-bond acceptors (Lipinski definition) is 4. The molecular formula is C23H28N2O3S. The van der Waals surface area contributed by atoms with Gasteiger partial charge in [0.25, 0.3) is 0 Å². The van der Waals surface area contributed by atoms with E-state index in [1.807, 2.05) is 24.3 Å². The molecule has 0 saturated carbocycles. The number of ether oxygens (including phenoxy) is 1. The Morgan fingerprint density at radius 3 is 2.24 bits per heavy atom. The van der Waals surface area contributed by atoms with Crippen molar-refractivity contribution in [1.29, 1.82) is 0 Å². The highest BCUT2D eigenvalue weighted by Crippen LogP contribution is 2.44. The smallest absolute Gasteiger partial charge is 0.407 e. The van der Waals surface area contributed by atoms with Gasteiger partial charge in [0, 0.05) is 18.2 Å². The molecule has 0 aliphatic heterocycles. The van der Waals surface area contributed by atoms with Crippen LogP contribution in [-0.2, 0) is 9.53 Å². The average Bonchev–Trinajstić information content (AvgIpc) is 3.07. The highest BCUT2D eigenvalue weighted by atomic mass is 32.1. The number of nitrogens with one attached hydrogen (secondary N) is 2. The summed E-state index contributed by atoms with van der Waals surface area (Å²) in [6.45, 7) is 2.93. The van der Waals surface area contributed by atoms with Gasteiger partial charge in [0.05, 0.1) is 0 Å². The van der Waals surface area contributed by atoms with Crippen LogP contribution in [0.2, 0.25) is 0 Å². The summed E-state index contributed by atoms with van der Waals surface area (Å²) < 4.78 is 5.50. The van der Waals surface area contributed by atoms with Crippen molar-refractivity contribution in [3.8, 4) is 11.1 Å². The fourth-order valence-electron chi connectivity index (χ4n) is 3.69. The van der Waals surface area contributed by atoms with Crippen LogP contribution in [0.15, 0.2) is 48.5 Å². The highest BCUT2D eigenvalue weighted by Gasteiger charge is 2.29. The number of benzene rings is 2. The van der Waals surface area contributed by atoms with Crippen LogP contribution in [0.5, 0.6) is 0 Å². The lowest BCUT2D eigenvalue weighted by Crippen LogP contribution is -2.48. The van der Waals surface area contributed by atoms with Crippen molar-refractivity contribution in [3.63, 3.8) is 0 Å². The number of hydrogen-bond donors (Lipinski definition) is 3. The van der Waals surface area contributed by atoms with Gasteiger partial charge in [0.2, 0.25) is 5.91 Å². The number of thiol groups is 1. The predicted molar refractivity (Wildman–Crippen MR) is 118 cm³/mol. The molecule has 0 heterocycles. The summed E-state index contributed by atoms with van der Waals surface area (Å²) in [5.74, 6) is -0.0286. The molecule has 154 valence electrons. The molecule has 3 rings (SSSR count). The third-order valence-corrected chi connectivity index (χ3v) is 5.58. The number of fused-ring (bicyclic) bond motifs is 3. The van der Waals surface area contributed by atoms with E-state index in [0.29, 0.717) is 6.54 Å². The van der Waals surface area contributed by atoms with Gasteiger partial charge < -0.3 is 15.4 Å². The molecule has 2 aromatic rings. The van der Waals surface area contributed by atoms with Crippen molar-refractivity contribution >= 4 is 24.6 Å². The normalized spacial score (nSPS) is 13.3. The van der Waals surface area contributed by atoms with E-state index in [1.54, 1.807) is 0 Å². The SMILES string of the molecule is CCCCCNC(=O)C(CS)NC(=O)OCC1c2ccccc2-c2ccccc21. The van der Waals surface area contributed by atoms with Gasteiger partial charge in [-0.3, -0.25) is 4.79 Å². The first-order valence-electron chi connectivity index (χ1n) is 10.2. The largest absolute Gasteiger partial charge is 0.449 e. The standard InChI is InChI=1S/C23H28N2O3S/c1-2-3-8-13-24-22(26)21(15-29)25-23(27)28-14-20-18-11-6-4-9-16(18)17-10-5-7-12-19(17)20/h4-7,9-12,20-21,29H,2-3,8,13-15H2,1H3,(H,24,26)(H,25,27). The van der Waals surface area contributed by atoms with Gasteiger partial charge in [-0.25, -0.2) is 4.79 Å². The van der Waals surface area contributed by atoms with E-state index in [0.717, 1.165) is 30.4 Å². The van der Waals surface area contributed by atoms with E-state index >= 15 is 0 Å². The molecule has 1 aliphatic carbocycles. The first kappa shape index (κ1) is 21.2. The minimum Gasteiger partial charge on any atom is -0.449 e. The molecule has 0 fully saturated rings. The first-order valence-corrected chi connectivity index (χ1v) is 10.8. The fourth-order valence-corrected chi connectivity index (χ4v) is 3.94. The maximum atomic E-state index is 12.3. The predicted octanol–water partition coefficient (Wildman–Crippen LogP) is 4.13. The Morgan fingerprint density at radius 1 is 1.03 bits per heavy atom. The number of amides is 2. The quantitative estimate of drug-likeness (QED) is 0.429. The Bertz CT molecular complexity index is 810. The van der Waals surface area contributed by atoms with Gasteiger partial charge in [-0.2, -0.15) is 12.6 Å². The summed E-state index contributed by atoms with van der Waals surface area (Å²) in [4.78, 5) is 24.6. The topological polar surface area (TPSA) is 67.4 Å². The monoisotopic (exact) mass is 412 g/mol. The molecule has 2 aromatic carbocycles. The number of alkyl carbamates (subject to hydrolysis) is 1. The van der Waals surface area contributed by atoms with E-state index < -0.39 is 12.1 Å². The van der Waals surface area contributed by atoms with Gasteiger partial charge in [0.1, 0.15) is 12.6 Å². The zero-order chi connectivity index (χ0) is 20.6. The van der Waals surface area contributed by atoms with Gasteiger partial charge in [-0.05, 0) is 28.7 Å². The summed E-state index contributed by atoms with van der Waals surface area (Å²) >= 11 is 4.19. The maximum absolute atomic E-state index is 12.3. The van der Waals surface area contributed by atoms with Crippen LogP contribution in [0, 0.1) is 0 Å². The van der Waals surface area contributed by atoms with E-state index in [1.165, 1.54) is 11.1 Å². The second-order valence-electron chi connectivity index (χ2n) is 7.20. The molecular weight excluding hydrogens is 384 g/mol. The minimum absolute atomic E-state index is 0.00882. The third kappa shape index (κ3) is 5.12. The van der Waals surface area contributed by atoms with Crippen LogP contribution in [0.25, 0.3) is 11.1 Å². The molecule has 2 amide bonds. The molecule has 0 saturated heterocycles. The van der Waals surface area contributed by atoms with E-state index in [4.69, 9.17) is 4.74 Å². The molecule has 2 N–H and O–H groups in total. The molecule has 5 nitrogen and oxygen atoms in total. The minimum atomic E-state index is -0.712. The molecule has 1 atom stereocenters. The van der Waals surface area contributed by atoms with E-state index in [2.05, 4.69) is 54.5 Å². The van der Waals surface area contributed by atoms with Gasteiger partial charge in [-0.15, -0.1) is 0 Å². The number of unbranched alkanes of at least 4 members (excludes halogenated alkanes) is 2. The Kier molecular flexibility index (Phi) is 7.58. The molecule has 1 unspecified atom stereocenters. The highest BCUT2D eigenvalue weighted by molar-refractivity contribution is 7.80. The first-order chi connectivity index (χ1) is 14.2. The van der Waals surface area contributed by atoms with Gasteiger partial charge in [-0.1, -0.05) is 68.3 Å². The van der Waals surface area contributed by atoms with E-state index in [9.17, 15) is 9.59 Å². The van der Waals surface area contributed by atoms with Gasteiger partial charge in [0.15, 0.2) is 0 Å². The van der Waals surface area contributed by atoms with Crippen molar-refractivity contribution < 1.29 is 14.3 Å². The van der Waals surface area contributed by atoms with Crippen LogP contribution in [0.4, 0.5) is 4.79 Å². The van der Waals surface area contributed by atoms with E-state index in [-0.39, 0.29) is 24.2 Å². The number of rotatable bonds is 9. The summed E-state index contributed by atoms with van der Waals surface area (Å²) in [6.07, 6.45) is 2.47. The molecule has 1 aliphatic rings. The maximum Gasteiger partial charge on any atom is 0.407 e. The lowest BCUT2D eigenvalue weighted by molar-refractivity contribution is -0.122. The summed E-state index contributed by atoms with van der Waals surface area (Å²) in [7, 11) is 0. The third-order valence-electron chi connectivity index (χ3n) is 5.21. The lowest BCUT2D eigenvalue weighted by atomic mass is 9.98. The second-order valence-corrected chi connectivity index (χ2v) is 7.57. The van der Waals surface area contributed by atoms with Crippen LogP contribution in [0.3, 0.4) is 0 Å². The van der Waals surface area contributed by atoms with Crippen LogP contribution < -0.4 is 10.6 Å². The van der Waals surface area contributed by atoms with Crippen LogP contribution >= 0.6 is 12.6 Å². The molecule has 0 bridgehead atoms. The molecule has 0 aromatic heterocycles. The van der Waals surface area contributed by atoms with Crippen molar-refractivity contribution in [2.75, 3.05) is 18.9 Å². The molecule has 6 heteroatoms. The summed E-state index contributed by atoms with van der Waals surface area (Å²) in [5.41, 5.74) is 4.66. The Labute approximate surface area is 177 Å². The zero-order valence-corrected chi connectivity index (χ0v) is 17.6. The lowest BCUT2D eigenvalue weighted by Gasteiger charge is -2.18. The van der Waals surface area contributed by atoms with Crippen molar-refractivity contribution in [3.05, 3.63) is 59.7 Å². The second kappa shape index (κ2) is 10.3. The average molecular weight is 413 g/mol. The number of carbonyl (C=O) groups is 2. The molecule has 29 heavy (non-hydrogen) atoms. The van der Waals surface area contributed by atoms with Gasteiger partial charge >= 0.3 is 6.09 Å². The molecule has 0 radical (unpaired) electrons. The summed E-state index contributed by atoms with van der Waals surface area (Å²) in [6, 6.07) is 15.6. The summed E-state index contributed by atoms with van der Waals surface area (Å²) in [5, 5.41) is 5.47. The zero-order valence-electron chi connectivity index (χ0n) is 16.7. The molecule has 0 spiro atoms. The fraction of sp³-hybridized carbons (Fsp3) is 0.391. The Morgan fingerprint density at radius 2 is 1.66 bits per heavy atom. The van der Waals surface area contributed by atoms with Crippen LogP contribution in [0.1, 0.15) is 43.2 Å². The van der Waals surface area contributed by atoms with Crippen LogP contribution in [-0.4, -0.2) is 36.9 Å². The van der Waals surface area contributed by atoms with Crippen molar-refractivity contribution in [2.45, 2.75) is 38.1 Å². The van der Waals surface area contributed by atoms with Crippen molar-refractivity contribution in [1.82, 2.24) is 10.6 Å². The Hall–Kier alpha value is -2.47. The Balaban J connectivity index is 1.57. The number of carbonyl (C=O) groups excluding carboxylic acids is 2.